The monoisotopic (exact) mass is 814 g/mol. The molecule has 2 atom stereocenters. The molecule has 55 heavy (non-hydrogen) atoms. The van der Waals surface area contributed by atoms with Crippen molar-refractivity contribution in [3.8, 4) is 11.5 Å². The Balaban J connectivity index is 0.000000412. The Morgan fingerprint density at radius 3 is 1.38 bits per heavy atom. The SMILES string of the molecule is CCCC(CCCCC(COc1c(F)c(F)[c-]c(F)c1F)C1=C(C)C=CC1)C1=C(C)C=CC1.CCCCCCCCCCOc1c(F)c(F)[c-]c(F)c1F.[Ti+2]. The maximum atomic E-state index is 14.0. The summed E-state index contributed by atoms with van der Waals surface area (Å²) in [5.74, 6) is -13.9. The van der Waals surface area contributed by atoms with Gasteiger partial charge in [-0.25, -0.2) is 17.6 Å². The number of benzene rings is 2. The Labute approximate surface area is 337 Å². The van der Waals surface area contributed by atoms with Gasteiger partial charge in [-0.1, -0.05) is 125 Å². The summed E-state index contributed by atoms with van der Waals surface area (Å²) in [6, 6.07) is 2.71. The molecule has 2 aliphatic rings. The van der Waals surface area contributed by atoms with E-state index < -0.39 is 58.0 Å². The fraction of sp³-hybridized carbons (Fsp3) is 0.545. The molecule has 0 radical (unpaired) electrons. The predicted octanol–water partition coefficient (Wildman–Crippen LogP) is 14.1. The van der Waals surface area contributed by atoms with Gasteiger partial charge in [0, 0.05) is 5.92 Å². The van der Waals surface area contributed by atoms with Gasteiger partial charge in [-0.15, -0.1) is 12.1 Å². The van der Waals surface area contributed by atoms with Crippen LogP contribution in [0.5, 0.6) is 11.5 Å². The second-order valence-corrected chi connectivity index (χ2v) is 14.2. The van der Waals surface area contributed by atoms with Crippen LogP contribution in [0.3, 0.4) is 0 Å². The van der Waals surface area contributed by atoms with Crippen LogP contribution in [0.1, 0.15) is 130 Å². The van der Waals surface area contributed by atoms with Crippen LogP contribution < -0.4 is 9.47 Å². The molecule has 2 aliphatic carbocycles. The van der Waals surface area contributed by atoms with Gasteiger partial charge in [0.05, 0.1) is 71.3 Å². The fourth-order valence-corrected chi connectivity index (χ4v) is 7.07. The van der Waals surface area contributed by atoms with Gasteiger partial charge in [-0.3, -0.25) is 17.6 Å². The minimum Gasteiger partial charge on any atom is -0.513 e. The van der Waals surface area contributed by atoms with Crippen molar-refractivity contribution in [3.05, 3.63) is 105 Å². The molecule has 0 spiro atoms. The molecule has 0 saturated heterocycles. The normalized spacial score (nSPS) is 14.6. The van der Waals surface area contributed by atoms with Crippen LogP contribution in [-0.2, 0) is 21.7 Å². The smallest absolute Gasteiger partial charge is 0.513 e. The summed E-state index contributed by atoms with van der Waals surface area (Å²) in [6.07, 6.45) is 25.0. The number of hydrogen-bond acceptors (Lipinski definition) is 2. The third kappa shape index (κ3) is 14.9. The van der Waals surface area contributed by atoms with Crippen molar-refractivity contribution in [1.82, 2.24) is 0 Å². The van der Waals surface area contributed by atoms with Crippen molar-refractivity contribution >= 4 is 0 Å². The molecule has 2 unspecified atom stereocenters. The number of unbranched alkanes of at least 4 members (excludes halogenated alkanes) is 8. The van der Waals surface area contributed by atoms with Gasteiger partial charge in [0.25, 0.3) is 0 Å². The van der Waals surface area contributed by atoms with E-state index in [1.165, 1.54) is 49.8 Å². The molecule has 0 amide bonds. The van der Waals surface area contributed by atoms with Crippen LogP contribution >= 0.6 is 0 Å². The molecule has 0 bridgehead atoms. The fourth-order valence-electron chi connectivity index (χ4n) is 7.07. The summed E-state index contributed by atoms with van der Waals surface area (Å²) in [4.78, 5) is 0. The maximum Gasteiger partial charge on any atom is 2.00 e. The first-order valence-electron chi connectivity index (χ1n) is 19.4. The molecular formula is C44H54F8O2Ti. The third-order valence-electron chi connectivity index (χ3n) is 10.1. The van der Waals surface area contributed by atoms with Gasteiger partial charge in [-0.2, -0.15) is 0 Å². The zero-order valence-electron chi connectivity index (χ0n) is 32.5. The van der Waals surface area contributed by atoms with E-state index in [1.807, 2.05) is 13.0 Å². The first kappa shape index (κ1) is 48.3. The zero-order valence-corrected chi connectivity index (χ0v) is 34.1. The summed E-state index contributed by atoms with van der Waals surface area (Å²) < 4.78 is 117. The molecule has 0 saturated carbocycles. The van der Waals surface area contributed by atoms with Crippen molar-refractivity contribution in [2.75, 3.05) is 13.2 Å². The summed E-state index contributed by atoms with van der Waals surface area (Å²) in [5.41, 5.74) is 5.21. The Bertz CT molecular complexity index is 1580. The first-order valence-corrected chi connectivity index (χ1v) is 19.4. The van der Waals surface area contributed by atoms with E-state index in [0.717, 1.165) is 75.4 Å². The Morgan fingerprint density at radius 2 is 0.945 bits per heavy atom. The second kappa shape index (κ2) is 25.4. The molecule has 4 rings (SSSR count). The van der Waals surface area contributed by atoms with E-state index >= 15 is 0 Å². The molecule has 302 valence electrons. The molecular weight excluding hydrogens is 760 g/mol. The van der Waals surface area contributed by atoms with Crippen LogP contribution in [0.25, 0.3) is 0 Å². The Morgan fingerprint density at radius 1 is 0.527 bits per heavy atom. The third-order valence-corrected chi connectivity index (χ3v) is 10.1. The predicted molar refractivity (Wildman–Crippen MR) is 197 cm³/mol. The van der Waals surface area contributed by atoms with Gasteiger partial charge >= 0.3 is 21.7 Å². The van der Waals surface area contributed by atoms with E-state index in [1.54, 1.807) is 5.57 Å². The molecule has 0 aromatic heterocycles. The average molecular weight is 815 g/mol. The standard InChI is InChI=1S/C28H33F4O.C16H21F4O.Ti/c1-4-9-20(22-14-7-10-18(22)2)12-5-6-13-21(23-15-8-11-19(23)3)17-33-28-26(31)24(29)16-25(30)27(28)32;1-2-3-4-5-6-7-8-9-10-21-16-14(19)12(17)11-13(18)15(16)20;/h7-8,10-11,20-21H,4-6,9,12-15,17H2,1-3H3;2-10H2,1H3;/q2*-1;+2. The second-order valence-electron chi connectivity index (χ2n) is 14.2. The molecule has 2 aromatic rings. The van der Waals surface area contributed by atoms with E-state index in [9.17, 15) is 35.1 Å². The molecule has 0 aliphatic heterocycles. The Kier molecular flexibility index (Phi) is 22.3. The van der Waals surface area contributed by atoms with Gasteiger partial charge in [0.15, 0.2) is 0 Å². The van der Waals surface area contributed by atoms with E-state index in [0.29, 0.717) is 12.3 Å². The first-order chi connectivity index (χ1) is 25.9. The summed E-state index contributed by atoms with van der Waals surface area (Å²) >= 11 is 0. The zero-order chi connectivity index (χ0) is 39.6. The number of hydrogen-bond donors (Lipinski definition) is 0. The molecule has 0 fully saturated rings. The van der Waals surface area contributed by atoms with Gasteiger partial charge in [0.2, 0.25) is 0 Å². The summed E-state index contributed by atoms with van der Waals surface area (Å²) in [6.45, 7) is 8.56. The molecule has 0 heterocycles. The molecule has 2 nitrogen and oxygen atoms in total. The van der Waals surface area contributed by atoms with E-state index in [4.69, 9.17) is 9.47 Å². The molecule has 2 aromatic carbocycles. The van der Waals surface area contributed by atoms with Crippen molar-refractivity contribution in [2.24, 2.45) is 11.8 Å². The van der Waals surface area contributed by atoms with Crippen molar-refractivity contribution in [1.29, 1.82) is 0 Å². The van der Waals surface area contributed by atoms with Crippen LogP contribution in [-0.4, -0.2) is 13.2 Å². The molecule has 11 heteroatoms. The largest absolute Gasteiger partial charge is 2.00 e. The van der Waals surface area contributed by atoms with Crippen molar-refractivity contribution < 1.29 is 66.3 Å². The van der Waals surface area contributed by atoms with Crippen molar-refractivity contribution in [2.45, 2.75) is 130 Å². The van der Waals surface area contributed by atoms with Gasteiger partial charge in [0.1, 0.15) is 0 Å². The quantitative estimate of drug-likeness (QED) is 0.0388. The topological polar surface area (TPSA) is 18.5 Å². The van der Waals surface area contributed by atoms with Crippen LogP contribution in [0, 0.1) is 70.5 Å². The van der Waals surface area contributed by atoms with Crippen LogP contribution in [0.4, 0.5) is 35.1 Å². The minimum absolute atomic E-state index is 0. The molecule has 0 N–H and O–H groups in total. The van der Waals surface area contributed by atoms with Crippen LogP contribution in [0.2, 0.25) is 0 Å². The van der Waals surface area contributed by atoms with Crippen LogP contribution in [0.15, 0.2) is 46.6 Å². The summed E-state index contributed by atoms with van der Waals surface area (Å²) in [5, 5.41) is 0. The van der Waals surface area contributed by atoms with Gasteiger partial charge < -0.3 is 9.47 Å². The number of allylic oxidation sites excluding steroid dienone is 7. The number of rotatable bonds is 22. The van der Waals surface area contributed by atoms with Crippen molar-refractivity contribution in [3.63, 3.8) is 0 Å². The summed E-state index contributed by atoms with van der Waals surface area (Å²) in [7, 11) is 0. The van der Waals surface area contributed by atoms with E-state index in [2.05, 4.69) is 39.0 Å². The maximum absolute atomic E-state index is 14.0. The average Bonchev–Trinajstić information content (AvgIpc) is 3.78. The number of ether oxygens (including phenoxy) is 2. The van der Waals surface area contributed by atoms with E-state index in [-0.39, 0.29) is 40.8 Å². The minimum atomic E-state index is -1.58. The van der Waals surface area contributed by atoms with Gasteiger partial charge in [-0.05, 0) is 58.3 Å². The Hall–Kier alpha value is -2.85. The number of halogens is 8.